The van der Waals surface area contributed by atoms with Crippen molar-refractivity contribution in [1.82, 2.24) is 24.4 Å². The van der Waals surface area contributed by atoms with Crippen molar-refractivity contribution in [2.45, 2.75) is 31.2 Å². The lowest BCUT2D eigenvalue weighted by molar-refractivity contribution is -0.116. The van der Waals surface area contributed by atoms with E-state index in [1.165, 1.54) is 4.68 Å². The Bertz CT molecular complexity index is 1250. The molecule has 3 heterocycles. The smallest absolute Gasteiger partial charge is 0.249 e. The molecule has 1 aliphatic carbocycles. The van der Waals surface area contributed by atoms with Crippen molar-refractivity contribution in [3.8, 4) is 11.1 Å². The maximum absolute atomic E-state index is 13.0. The molecule has 5 rings (SSSR count). The number of rotatable bonds is 5. The molecule has 1 fully saturated rings. The molecule has 1 aromatic carbocycles. The van der Waals surface area contributed by atoms with E-state index in [9.17, 15) is 13.6 Å². The molecule has 0 unspecified atom stereocenters. The van der Waals surface area contributed by atoms with Gasteiger partial charge in [-0.1, -0.05) is 12.1 Å². The third-order valence-corrected chi connectivity index (χ3v) is 5.38. The molecule has 158 valence electrons. The van der Waals surface area contributed by atoms with Crippen molar-refractivity contribution < 1.29 is 13.6 Å². The molecule has 8 nitrogen and oxygen atoms in total. The van der Waals surface area contributed by atoms with Crippen LogP contribution >= 0.6 is 0 Å². The van der Waals surface area contributed by atoms with Gasteiger partial charge < -0.3 is 11.1 Å². The highest BCUT2D eigenvalue weighted by atomic mass is 19.3. The molecule has 1 saturated carbocycles. The lowest BCUT2D eigenvalue weighted by Gasteiger charge is -2.35. The first-order valence-electron chi connectivity index (χ1n) is 9.77. The zero-order chi connectivity index (χ0) is 21.6. The number of nitrogens with one attached hydrogen (secondary N) is 1. The predicted molar refractivity (Wildman–Crippen MR) is 111 cm³/mol. The molecular formula is C21H19F2N7O. The minimum absolute atomic E-state index is 0.0384. The molecule has 3 N–H and O–H groups in total. The Morgan fingerprint density at radius 2 is 1.97 bits per heavy atom. The van der Waals surface area contributed by atoms with E-state index in [0.29, 0.717) is 11.3 Å². The van der Waals surface area contributed by atoms with E-state index in [2.05, 4.69) is 20.5 Å². The summed E-state index contributed by atoms with van der Waals surface area (Å²) < 4.78 is 29.2. The molecule has 31 heavy (non-hydrogen) atoms. The van der Waals surface area contributed by atoms with Gasteiger partial charge in [-0.25, -0.2) is 13.3 Å². The summed E-state index contributed by atoms with van der Waals surface area (Å²) in [4.78, 5) is 16.5. The molecular weight excluding hydrogens is 404 g/mol. The second-order valence-corrected chi connectivity index (χ2v) is 7.75. The fourth-order valence-electron chi connectivity index (χ4n) is 3.76. The Balaban J connectivity index is 1.21. The fraction of sp³-hybridized carbons (Fsp3) is 0.238. The number of carbonyl (C=O) groups excluding carboxylic acids is 1. The highest BCUT2D eigenvalue weighted by Crippen LogP contribution is 2.48. The molecule has 10 heteroatoms. The van der Waals surface area contributed by atoms with Gasteiger partial charge in [-0.3, -0.25) is 9.48 Å². The van der Waals surface area contributed by atoms with Crippen molar-refractivity contribution in [3.63, 3.8) is 0 Å². The largest absolute Gasteiger partial charge is 0.366 e. The lowest BCUT2D eigenvalue weighted by atomic mass is 9.77. The highest BCUT2D eigenvalue weighted by Gasteiger charge is 2.45. The van der Waals surface area contributed by atoms with Gasteiger partial charge in [0, 0.05) is 36.5 Å². The van der Waals surface area contributed by atoms with Crippen molar-refractivity contribution in [2.75, 3.05) is 11.1 Å². The SMILES string of the molecule is Nc1nc2cc(-c3cnn(CC(=O)Nc4ccc(C5CC(F)(F)C5)cc4)c3)ccn2n1. The molecule has 3 aromatic heterocycles. The van der Waals surface area contributed by atoms with Crippen LogP contribution in [-0.2, 0) is 11.3 Å². The van der Waals surface area contributed by atoms with Crippen molar-refractivity contribution in [3.05, 3.63) is 60.6 Å². The van der Waals surface area contributed by atoms with Crippen LogP contribution in [0.15, 0.2) is 55.0 Å². The number of anilines is 2. The number of alkyl halides is 2. The Labute approximate surface area is 175 Å². The summed E-state index contributed by atoms with van der Waals surface area (Å²) in [6.07, 6.45) is 4.97. The van der Waals surface area contributed by atoms with Gasteiger partial charge in [0.1, 0.15) is 6.54 Å². The number of benzene rings is 1. The van der Waals surface area contributed by atoms with E-state index in [-0.39, 0.29) is 37.2 Å². The number of carbonyl (C=O) groups is 1. The molecule has 0 spiro atoms. The number of fused-ring (bicyclic) bond motifs is 1. The second kappa shape index (κ2) is 7.15. The summed E-state index contributed by atoms with van der Waals surface area (Å²) in [6, 6.07) is 10.7. The minimum atomic E-state index is -2.55. The number of aromatic nitrogens is 5. The van der Waals surface area contributed by atoms with E-state index < -0.39 is 5.92 Å². The number of amides is 1. The van der Waals surface area contributed by atoms with Crippen LogP contribution in [0.3, 0.4) is 0 Å². The van der Waals surface area contributed by atoms with Gasteiger partial charge >= 0.3 is 0 Å². The maximum atomic E-state index is 13.0. The Morgan fingerprint density at radius 3 is 2.71 bits per heavy atom. The van der Waals surface area contributed by atoms with Crippen molar-refractivity contribution in [1.29, 1.82) is 0 Å². The van der Waals surface area contributed by atoms with Gasteiger partial charge in [0.25, 0.3) is 0 Å². The van der Waals surface area contributed by atoms with Crippen LogP contribution in [0.5, 0.6) is 0 Å². The van der Waals surface area contributed by atoms with Gasteiger partial charge in [0.2, 0.25) is 17.8 Å². The summed E-state index contributed by atoms with van der Waals surface area (Å²) in [7, 11) is 0. The van der Waals surface area contributed by atoms with E-state index in [1.807, 2.05) is 12.1 Å². The van der Waals surface area contributed by atoms with Gasteiger partial charge in [0.05, 0.1) is 6.20 Å². The first-order chi connectivity index (χ1) is 14.8. The predicted octanol–water partition coefficient (Wildman–Crippen LogP) is 3.33. The van der Waals surface area contributed by atoms with Crippen LogP contribution in [0.25, 0.3) is 16.8 Å². The summed E-state index contributed by atoms with van der Waals surface area (Å²) >= 11 is 0. The number of hydrogen-bond donors (Lipinski definition) is 2. The monoisotopic (exact) mass is 423 g/mol. The molecule has 0 atom stereocenters. The first kappa shape index (κ1) is 19.2. The Morgan fingerprint density at radius 1 is 1.19 bits per heavy atom. The summed E-state index contributed by atoms with van der Waals surface area (Å²) in [6.45, 7) is 0.0384. The number of hydrogen-bond acceptors (Lipinski definition) is 5. The zero-order valence-electron chi connectivity index (χ0n) is 16.4. The molecule has 1 amide bonds. The Kier molecular flexibility index (Phi) is 4.42. The van der Waals surface area contributed by atoms with Crippen molar-refractivity contribution >= 4 is 23.2 Å². The number of halogens is 2. The molecule has 0 aliphatic heterocycles. The number of nitrogens with two attached hydrogens (primary N) is 1. The molecule has 1 aliphatic rings. The van der Waals surface area contributed by atoms with Crippen LogP contribution in [-0.4, -0.2) is 36.2 Å². The summed E-state index contributed by atoms with van der Waals surface area (Å²) in [5, 5.41) is 11.1. The fourth-order valence-corrected chi connectivity index (χ4v) is 3.76. The minimum Gasteiger partial charge on any atom is -0.366 e. The van der Waals surface area contributed by atoms with E-state index in [1.54, 1.807) is 47.4 Å². The maximum Gasteiger partial charge on any atom is 0.249 e. The van der Waals surface area contributed by atoms with Crippen LogP contribution in [0.4, 0.5) is 20.4 Å². The molecule has 0 saturated heterocycles. The first-order valence-corrected chi connectivity index (χ1v) is 9.77. The van der Waals surface area contributed by atoms with Crippen LogP contribution in [0.2, 0.25) is 0 Å². The standard InChI is InChI=1S/C21H19F2N7O/c22-21(23)8-15(9-21)13-1-3-17(4-2-13)26-19(31)12-29-11-16(10-25-29)14-5-6-30-18(7-14)27-20(24)28-30/h1-7,10-11,15H,8-9,12H2,(H2,24,28)(H,26,31). The van der Waals surface area contributed by atoms with Gasteiger partial charge in [-0.05, 0) is 41.3 Å². The van der Waals surface area contributed by atoms with E-state index in [4.69, 9.17) is 5.73 Å². The average Bonchev–Trinajstić information content (AvgIpc) is 3.31. The third-order valence-electron chi connectivity index (χ3n) is 5.38. The number of nitrogen functional groups attached to an aromatic ring is 1. The highest BCUT2D eigenvalue weighted by molar-refractivity contribution is 5.90. The zero-order valence-corrected chi connectivity index (χ0v) is 16.4. The summed E-state index contributed by atoms with van der Waals surface area (Å²) in [5.41, 5.74) is 9.42. The lowest BCUT2D eigenvalue weighted by Crippen LogP contribution is -2.33. The van der Waals surface area contributed by atoms with Crippen LogP contribution in [0, 0.1) is 0 Å². The molecule has 4 aromatic rings. The molecule has 0 radical (unpaired) electrons. The normalized spacial score (nSPS) is 15.7. The van der Waals surface area contributed by atoms with Gasteiger partial charge in [0.15, 0.2) is 5.65 Å². The topological polar surface area (TPSA) is 103 Å². The number of pyridine rings is 1. The van der Waals surface area contributed by atoms with Crippen LogP contribution in [0.1, 0.15) is 24.3 Å². The van der Waals surface area contributed by atoms with E-state index in [0.717, 1.165) is 16.7 Å². The van der Waals surface area contributed by atoms with Gasteiger partial charge in [-0.2, -0.15) is 10.1 Å². The number of nitrogens with zero attached hydrogens (tertiary/aromatic N) is 5. The van der Waals surface area contributed by atoms with Crippen molar-refractivity contribution in [2.24, 2.45) is 0 Å². The third kappa shape index (κ3) is 3.96. The summed E-state index contributed by atoms with van der Waals surface area (Å²) in [5.74, 6) is -2.70. The average molecular weight is 423 g/mol. The Hall–Kier alpha value is -3.82. The molecule has 0 bridgehead atoms. The van der Waals surface area contributed by atoms with Crippen LogP contribution < -0.4 is 11.1 Å². The quantitative estimate of drug-likeness (QED) is 0.513. The van der Waals surface area contributed by atoms with E-state index >= 15 is 0 Å². The second-order valence-electron chi connectivity index (χ2n) is 7.75. The van der Waals surface area contributed by atoms with Gasteiger partial charge in [-0.15, -0.1) is 5.10 Å².